The van der Waals surface area contributed by atoms with E-state index in [0.717, 1.165) is 11.1 Å². The van der Waals surface area contributed by atoms with Gasteiger partial charge in [-0.2, -0.15) is 0 Å². The van der Waals surface area contributed by atoms with Gasteiger partial charge in [0.05, 0.1) is 16.5 Å². The lowest BCUT2D eigenvalue weighted by molar-refractivity contribution is -0.113. The lowest BCUT2D eigenvalue weighted by Gasteiger charge is -2.12. The molecule has 0 spiro atoms. The van der Waals surface area contributed by atoms with E-state index in [1.165, 1.54) is 17.8 Å². The maximum atomic E-state index is 13.8. The molecule has 0 aliphatic heterocycles. The minimum absolute atomic E-state index is 0.0344. The van der Waals surface area contributed by atoms with Crippen LogP contribution in [0.2, 0.25) is 5.02 Å². The van der Waals surface area contributed by atoms with Crippen molar-refractivity contribution in [2.75, 3.05) is 11.1 Å². The van der Waals surface area contributed by atoms with Crippen LogP contribution in [0.25, 0.3) is 0 Å². The Morgan fingerprint density at radius 1 is 1.32 bits per heavy atom. The molecule has 0 saturated carbocycles. The quantitative estimate of drug-likeness (QED) is 0.352. The average Bonchev–Trinajstić information content (AvgIpc) is 3.10. The summed E-state index contributed by atoms with van der Waals surface area (Å²) in [5.74, 6) is 0.0930. The van der Waals surface area contributed by atoms with E-state index in [9.17, 15) is 9.18 Å². The number of amides is 1. The Kier molecular flexibility index (Phi) is 7.70. The fourth-order valence-electron chi connectivity index (χ4n) is 2.93. The zero-order valence-corrected chi connectivity index (χ0v) is 18.8. The van der Waals surface area contributed by atoms with Gasteiger partial charge >= 0.3 is 0 Å². The molecule has 1 amide bonds. The summed E-state index contributed by atoms with van der Waals surface area (Å²) in [4.78, 5) is 12.5. The number of nitrogens with zero attached hydrogens (tertiary/aromatic N) is 3. The van der Waals surface area contributed by atoms with Crippen molar-refractivity contribution in [3.8, 4) is 5.75 Å². The van der Waals surface area contributed by atoms with Crippen molar-refractivity contribution < 1.29 is 13.9 Å². The molecule has 162 valence electrons. The van der Waals surface area contributed by atoms with E-state index < -0.39 is 5.82 Å². The van der Waals surface area contributed by atoms with Crippen molar-refractivity contribution in [1.82, 2.24) is 14.8 Å². The number of allylic oxidation sites excluding steroid dienone is 1. The number of hydrogen-bond acceptors (Lipinski definition) is 5. The molecule has 0 fully saturated rings. The highest BCUT2D eigenvalue weighted by atomic mass is 35.5. The molecule has 0 radical (unpaired) electrons. The van der Waals surface area contributed by atoms with E-state index >= 15 is 0 Å². The Morgan fingerprint density at radius 3 is 2.81 bits per heavy atom. The minimum Gasteiger partial charge on any atom is -0.483 e. The first kappa shape index (κ1) is 22.8. The largest absolute Gasteiger partial charge is 0.483 e. The molecular weight excluding hydrogens is 439 g/mol. The fourth-order valence-corrected chi connectivity index (χ4v) is 4.06. The van der Waals surface area contributed by atoms with Crippen LogP contribution in [0, 0.1) is 19.7 Å². The lowest BCUT2D eigenvalue weighted by atomic mass is 10.1. The van der Waals surface area contributed by atoms with Gasteiger partial charge in [-0.05, 0) is 43.2 Å². The van der Waals surface area contributed by atoms with E-state index in [0.29, 0.717) is 28.2 Å². The second-order valence-electron chi connectivity index (χ2n) is 6.79. The second-order valence-corrected chi connectivity index (χ2v) is 8.14. The number of aromatic nitrogens is 3. The molecule has 1 aromatic heterocycles. The third kappa shape index (κ3) is 5.86. The Hall–Kier alpha value is -2.84. The van der Waals surface area contributed by atoms with Crippen LogP contribution < -0.4 is 10.1 Å². The molecule has 2 aromatic carbocycles. The van der Waals surface area contributed by atoms with Gasteiger partial charge < -0.3 is 10.1 Å². The summed E-state index contributed by atoms with van der Waals surface area (Å²) in [6.45, 7) is 8.05. The summed E-state index contributed by atoms with van der Waals surface area (Å²) < 4.78 is 21.1. The van der Waals surface area contributed by atoms with Gasteiger partial charge in [0.2, 0.25) is 5.91 Å². The average molecular weight is 461 g/mol. The number of carbonyl (C=O) groups is 1. The highest BCUT2D eigenvalue weighted by Crippen LogP contribution is 2.28. The van der Waals surface area contributed by atoms with E-state index in [1.807, 2.05) is 19.9 Å². The first-order chi connectivity index (χ1) is 14.9. The highest BCUT2D eigenvalue weighted by molar-refractivity contribution is 7.99. The van der Waals surface area contributed by atoms with Gasteiger partial charge in [-0.3, -0.25) is 9.36 Å². The summed E-state index contributed by atoms with van der Waals surface area (Å²) in [7, 11) is 0. The zero-order valence-electron chi connectivity index (χ0n) is 17.2. The number of rotatable bonds is 9. The molecule has 0 atom stereocenters. The van der Waals surface area contributed by atoms with Crippen molar-refractivity contribution in [2.24, 2.45) is 0 Å². The van der Waals surface area contributed by atoms with E-state index in [1.54, 1.807) is 34.9 Å². The molecule has 1 heterocycles. The van der Waals surface area contributed by atoms with Crippen molar-refractivity contribution >= 4 is 35.0 Å². The summed E-state index contributed by atoms with van der Waals surface area (Å²) in [6.07, 6.45) is 1.69. The van der Waals surface area contributed by atoms with Crippen LogP contribution in [-0.2, 0) is 17.9 Å². The maximum absolute atomic E-state index is 13.8. The van der Waals surface area contributed by atoms with Gasteiger partial charge in [0.25, 0.3) is 0 Å². The lowest BCUT2D eigenvalue weighted by Crippen LogP contribution is -2.16. The van der Waals surface area contributed by atoms with Crippen LogP contribution in [0.1, 0.15) is 17.0 Å². The van der Waals surface area contributed by atoms with Crippen LogP contribution >= 0.6 is 23.4 Å². The van der Waals surface area contributed by atoms with Crippen molar-refractivity contribution in [3.05, 3.63) is 76.8 Å². The summed E-state index contributed by atoms with van der Waals surface area (Å²) in [5.41, 5.74) is 2.52. The predicted octanol–water partition coefficient (Wildman–Crippen LogP) is 5.18. The maximum Gasteiger partial charge on any atom is 0.234 e. The van der Waals surface area contributed by atoms with Crippen LogP contribution in [0.4, 0.5) is 10.1 Å². The number of benzene rings is 2. The fraction of sp³-hybridized carbons (Fsp3) is 0.227. The third-order valence-corrected chi connectivity index (χ3v) is 5.59. The van der Waals surface area contributed by atoms with Crippen LogP contribution in [0.5, 0.6) is 5.75 Å². The number of para-hydroxylation sites is 1. The van der Waals surface area contributed by atoms with E-state index in [4.69, 9.17) is 16.3 Å². The number of halogens is 2. The number of thioether (sulfide) groups is 1. The topological polar surface area (TPSA) is 69.0 Å². The molecule has 31 heavy (non-hydrogen) atoms. The molecule has 3 aromatic rings. The number of hydrogen-bond donors (Lipinski definition) is 1. The number of anilines is 1. The molecule has 1 N–H and O–H groups in total. The number of aryl methyl sites for hydroxylation is 2. The third-order valence-electron chi connectivity index (χ3n) is 4.33. The normalized spacial score (nSPS) is 10.7. The SMILES string of the molecule is C=CCn1c(COc2ccccc2F)nnc1SCC(=O)Nc1c(C)cc(C)cc1Cl. The minimum atomic E-state index is -0.450. The molecule has 0 aliphatic rings. The molecule has 0 aliphatic carbocycles. The first-order valence-corrected chi connectivity index (χ1v) is 10.8. The zero-order chi connectivity index (χ0) is 22.4. The van der Waals surface area contributed by atoms with Crippen LogP contribution in [0.3, 0.4) is 0 Å². The predicted molar refractivity (Wildman–Crippen MR) is 121 cm³/mol. The van der Waals surface area contributed by atoms with Gasteiger partial charge in [0, 0.05) is 6.54 Å². The van der Waals surface area contributed by atoms with Gasteiger partial charge in [-0.15, -0.1) is 16.8 Å². The molecule has 6 nitrogen and oxygen atoms in total. The summed E-state index contributed by atoms with van der Waals surface area (Å²) in [6, 6.07) is 9.91. The molecule has 0 bridgehead atoms. The number of carbonyl (C=O) groups excluding carboxylic acids is 1. The van der Waals surface area contributed by atoms with E-state index in [2.05, 4.69) is 22.1 Å². The van der Waals surface area contributed by atoms with Gasteiger partial charge in [0.1, 0.15) is 6.61 Å². The van der Waals surface area contributed by atoms with Crippen molar-refractivity contribution in [2.45, 2.75) is 32.2 Å². The van der Waals surface area contributed by atoms with Crippen LogP contribution in [0.15, 0.2) is 54.2 Å². The molecule has 0 unspecified atom stereocenters. The number of ether oxygens (including phenoxy) is 1. The Bertz CT molecular complexity index is 1080. The highest BCUT2D eigenvalue weighted by Gasteiger charge is 2.16. The van der Waals surface area contributed by atoms with Gasteiger partial charge in [-0.1, -0.05) is 47.6 Å². The monoisotopic (exact) mass is 460 g/mol. The smallest absolute Gasteiger partial charge is 0.234 e. The molecular formula is C22H22ClFN4O2S. The van der Waals surface area contributed by atoms with Crippen molar-refractivity contribution in [3.63, 3.8) is 0 Å². The number of nitrogens with one attached hydrogen (secondary N) is 1. The molecule has 9 heteroatoms. The summed E-state index contributed by atoms with van der Waals surface area (Å²) >= 11 is 7.49. The summed E-state index contributed by atoms with van der Waals surface area (Å²) in [5, 5.41) is 12.2. The second kappa shape index (κ2) is 10.5. The Balaban J connectivity index is 1.65. The standard InChI is InChI=1S/C22H22ClFN4O2S/c1-4-9-28-19(12-30-18-8-6-5-7-17(18)24)26-27-22(28)31-13-20(29)25-21-15(3)10-14(2)11-16(21)23/h4-8,10-11H,1,9,12-13H2,2-3H3,(H,25,29). The van der Waals surface area contributed by atoms with E-state index in [-0.39, 0.29) is 24.0 Å². The van der Waals surface area contributed by atoms with Gasteiger partial charge in [0.15, 0.2) is 22.5 Å². The van der Waals surface area contributed by atoms with Gasteiger partial charge in [-0.25, -0.2) is 4.39 Å². The molecule has 0 saturated heterocycles. The Morgan fingerprint density at radius 2 is 2.10 bits per heavy atom. The molecule has 3 rings (SSSR count). The van der Waals surface area contributed by atoms with Crippen LogP contribution in [-0.4, -0.2) is 26.4 Å². The Labute approximate surface area is 189 Å². The van der Waals surface area contributed by atoms with Crippen molar-refractivity contribution in [1.29, 1.82) is 0 Å². The first-order valence-electron chi connectivity index (χ1n) is 9.48.